The van der Waals surface area contributed by atoms with Crippen molar-refractivity contribution in [3.8, 4) is 0 Å². The lowest BCUT2D eigenvalue weighted by molar-refractivity contribution is -0.117. The van der Waals surface area contributed by atoms with Crippen LogP contribution in [-0.4, -0.2) is 26.3 Å². The molecule has 8 nitrogen and oxygen atoms in total. The number of urea groups is 1. The molecule has 32 heavy (non-hydrogen) atoms. The Kier molecular flexibility index (Phi) is 6.01. The average molecular weight is 585 g/mol. The second kappa shape index (κ2) is 8.60. The highest BCUT2D eigenvalue weighted by Crippen LogP contribution is 2.30. The predicted octanol–water partition coefficient (Wildman–Crippen LogP) is 3.73. The van der Waals surface area contributed by atoms with E-state index in [1.165, 1.54) is 24.3 Å². The summed E-state index contributed by atoms with van der Waals surface area (Å²) in [7, 11) is -4.05. The van der Waals surface area contributed by atoms with Gasteiger partial charge in [0.05, 0.1) is 12.1 Å². The molecule has 1 aromatic heterocycles. The molecule has 0 saturated carbocycles. The van der Waals surface area contributed by atoms with Gasteiger partial charge in [-0.2, -0.15) is 0 Å². The smallest absolute Gasteiger partial charge is 0.307 e. The lowest BCUT2D eigenvalue weighted by Gasteiger charge is -2.27. The van der Waals surface area contributed by atoms with Crippen LogP contribution in [0.3, 0.4) is 0 Å². The molecule has 4 amide bonds. The number of nitrogens with one attached hydrogen (secondary N) is 2. The molecule has 0 atom stereocenters. The van der Waals surface area contributed by atoms with E-state index in [9.17, 15) is 27.2 Å². The van der Waals surface area contributed by atoms with Crippen molar-refractivity contribution in [1.82, 2.24) is 4.72 Å². The van der Waals surface area contributed by atoms with Gasteiger partial charge in [0.2, 0.25) is 5.91 Å². The molecule has 0 bridgehead atoms. The number of carbonyl (C=O) groups is 3. The topological polar surface area (TPSA) is 113 Å². The molecular weight excluding hydrogens is 572 g/mol. The van der Waals surface area contributed by atoms with Crippen molar-refractivity contribution in [2.45, 2.75) is 10.6 Å². The first-order valence-corrected chi connectivity index (χ1v) is 12.4. The number of sulfonamides is 1. The molecule has 2 heterocycles. The Morgan fingerprint density at radius 2 is 1.91 bits per heavy atom. The van der Waals surface area contributed by atoms with E-state index in [0.717, 1.165) is 25.9 Å². The molecule has 2 aromatic carbocycles. The number of hydrogen-bond acceptors (Lipinski definition) is 6. The van der Waals surface area contributed by atoms with Gasteiger partial charge in [0.1, 0.15) is 10.0 Å². The zero-order valence-corrected chi connectivity index (χ0v) is 19.8. The highest BCUT2D eigenvalue weighted by Gasteiger charge is 2.33. The number of carbonyl (C=O) groups excluding carboxylic acids is 3. The Morgan fingerprint density at radius 1 is 1.12 bits per heavy atom. The number of imide groups is 1. The van der Waals surface area contributed by atoms with E-state index < -0.39 is 33.7 Å². The van der Waals surface area contributed by atoms with Crippen molar-refractivity contribution in [3.05, 3.63) is 74.4 Å². The minimum absolute atomic E-state index is 0.0497. The molecule has 2 N–H and O–H groups in total. The molecule has 0 radical (unpaired) electrons. The summed E-state index contributed by atoms with van der Waals surface area (Å²) in [6, 6.07) is 10.1. The monoisotopic (exact) mass is 585 g/mol. The summed E-state index contributed by atoms with van der Waals surface area (Å²) in [6.45, 7) is 0. The largest absolute Gasteiger partial charge is 0.333 e. The fourth-order valence-electron chi connectivity index (χ4n) is 3.15. The van der Waals surface area contributed by atoms with Crippen molar-refractivity contribution in [2.75, 3.05) is 10.2 Å². The summed E-state index contributed by atoms with van der Waals surface area (Å²) >= 11 is 3.01. The zero-order chi connectivity index (χ0) is 23.0. The van der Waals surface area contributed by atoms with Crippen molar-refractivity contribution < 1.29 is 27.2 Å². The molecular formula is C20H13FIN3O5S2. The van der Waals surface area contributed by atoms with Crippen LogP contribution in [-0.2, 0) is 21.2 Å². The number of hydrogen-bond donors (Lipinski definition) is 2. The Morgan fingerprint density at radius 3 is 2.59 bits per heavy atom. The van der Waals surface area contributed by atoms with Gasteiger partial charge in [-0.3, -0.25) is 9.59 Å². The maximum atomic E-state index is 14.8. The van der Waals surface area contributed by atoms with Crippen LogP contribution in [0.1, 0.15) is 15.9 Å². The first-order valence-electron chi connectivity index (χ1n) is 8.98. The van der Waals surface area contributed by atoms with Crippen LogP contribution in [0.4, 0.5) is 20.6 Å². The van der Waals surface area contributed by atoms with Crippen molar-refractivity contribution in [1.29, 1.82) is 0 Å². The van der Waals surface area contributed by atoms with Crippen LogP contribution >= 0.6 is 33.9 Å². The van der Waals surface area contributed by atoms with Gasteiger partial charge >= 0.3 is 6.03 Å². The van der Waals surface area contributed by atoms with Crippen molar-refractivity contribution in [2.24, 2.45) is 0 Å². The molecule has 0 unspecified atom stereocenters. The highest BCUT2D eigenvalue weighted by atomic mass is 127. The first kappa shape index (κ1) is 22.4. The molecule has 0 aliphatic carbocycles. The average Bonchev–Trinajstić information content (AvgIpc) is 3.24. The Balaban J connectivity index is 1.53. The van der Waals surface area contributed by atoms with Gasteiger partial charge in [-0.05, 0) is 76.0 Å². The third-order valence-electron chi connectivity index (χ3n) is 4.53. The third kappa shape index (κ3) is 4.38. The molecule has 4 rings (SSSR count). The summed E-state index contributed by atoms with van der Waals surface area (Å²) in [5.74, 6) is -2.16. The molecule has 3 aromatic rings. The summed E-state index contributed by atoms with van der Waals surface area (Å²) in [4.78, 5) is 38.2. The zero-order valence-electron chi connectivity index (χ0n) is 16.0. The fraction of sp³-hybridized carbons (Fsp3) is 0.0500. The van der Waals surface area contributed by atoms with Crippen LogP contribution in [0.2, 0.25) is 0 Å². The Bertz CT molecular complexity index is 1360. The normalized spacial score (nSPS) is 13.6. The molecule has 164 valence electrons. The summed E-state index contributed by atoms with van der Waals surface area (Å²) in [5.41, 5.74) is 0.564. The Hall–Kier alpha value is -2.84. The van der Waals surface area contributed by atoms with Crippen molar-refractivity contribution in [3.63, 3.8) is 0 Å². The quantitative estimate of drug-likeness (QED) is 0.358. The lowest BCUT2D eigenvalue weighted by atomic mass is 9.98. The molecule has 0 fully saturated rings. The van der Waals surface area contributed by atoms with Crippen LogP contribution in [0.5, 0.6) is 0 Å². The number of rotatable bonds is 4. The number of halogens is 2. The van der Waals surface area contributed by atoms with E-state index in [1.54, 1.807) is 23.6 Å². The van der Waals surface area contributed by atoms with E-state index in [-0.39, 0.29) is 22.0 Å². The van der Waals surface area contributed by atoms with E-state index in [0.29, 0.717) is 11.1 Å². The minimum atomic E-state index is -4.05. The minimum Gasteiger partial charge on any atom is -0.307 e. The van der Waals surface area contributed by atoms with Gasteiger partial charge in [-0.25, -0.2) is 27.2 Å². The fourth-order valence-corrected chi connectivity index (χ4v) is 5.60. The number of benzene rings is 2. The van der Waals surface area contributed by atoms with E-state index in [1.807, 2.05) is 4.72 Å². The first-order chi connectivity index (χ1) is 15.2. The van der Waals surface area contributed by atoms with Crippen LogP contribution in [0.15, 0.2) is 58.1 Å². The standard InChI is InChI=1S/C20H13FIN3O5S2/c21-15-10-13(23-20(28)24-32(29,30)18-2-1-7-31-18)4-6-16(15)25-17(26)9-11-8-12(22)3-5-14(11)19(25)27/h1-8,10H,9H2,(H2,23,24,28). The van der Waals surface area contributed by atoms with Gasteiger partial charge < -0.3 is 5.32 Å². The summed E-state index contributed by atoms with van der Waals surface area (Å²) in [5, 5.41) is 3.77. The lowest BCUT2D eigenvalue weighted by Crippen LogP contribution is -2.43. The number of nitrogens with zero attached hydrogens (tertiary/aromatic N) is 1. The van der Waals surface area contributed by atoms with E-state index >= 15 is 0 Å². The maximum absolute atomic E-state index is 14.8. The summed E-state index contributed by atoms with van der Waals surface area (Å²) in [6.07, 6.45) is -0.0552. The second-order valence-electron chi connectivity index (χ2n) is 6.67. The number of amides is 4. The van der Waals surface area contributed by atoms with Gasteiger partial charge in [0.25, 0.3) is 15.9 Å². The number of thiophene rings is 1. The maximum Gasteiger partial charge on any atom is 0.333 e. The second-order valence-corrected chi connectivity index (χ2v) is 10.8. The highest BCUT2D eigenvalue weighted by molar-refractivity contribution is 14.1. The van der Waals surface area contributed by atoms with Gasteiger partial charge in [-0.15, -0.1) is 11.3 Å². The van der Waals surface area contributed by atoms with E-state index in [4.69, 9.17) is 0 Å². The van der Waals surface area contributed by atoms with Gasteiger partial charge in [-0.1, -0.05) is 6.07 Å². The molecule has 0 saturated heterocycles. The van der Waals surface area contributed by atoms with Crippen LogP contribution < -0.4 is 14.9 Å². The van der Waals surface area contributed by atoms with Crippen LogP contribution in [0.25, 0.3) is 0 Å². The van der Waals surface area contributed by atoms with Crippen molar-refractivity contribution >= 4 is 73.2 Å². The predicted molar refractivity (Wildman–Crippen MR) is 125 cm³/mol. The van der Waals surface area contributed by atoms with Gasteiger partial charge in [0, 0.05) is 14.8 Å². The summed E-state index contributed by atoms with van der Waals surface area (Å²) < 4.78 is 41.6. The van der Waals surface area contributed by atoms with Gasteiger partial charge in [0.15, 0.2) is 0 Å². The van der Waals surface area contributed by atoms with Crippen LogP contribution in [0, 0.1) is 9.39 Å². The molecule has 12 heteroatoms. The SMILES string of the molecule is O=C(Nc1ccc(N2C(=O)Cc3cc(I)ccc3C2=O)c(F)c1)NS(=O)(=O)c1cccs1. The molecule has 1 aliphatic rings. The number of fused-ring (bicyclic) bond motifs is 1. The molecule has 1 aliphatic heterocycles. The third-order valence-corrected chi connectivity index (χ3v) is 7.92. The molecule has 0 spiro atoms. The number of anilines is 2. The Labute approximate surface area is 199 Å². The van der Waals surface area contributed by atoms with E-state index in [2.05, 4.69) is 27.9 Å².